The molecule has 0 aliphatic carbocycles. The van der Waals surface area contributed by atoms with E-state index in [4.69, 9.17) is 5.11 Å². The van der Waals surface area contributed by atoms with Gasteiger partial charge in [-0.05, 0) is 26.2 Å². The van der Waals surface area contributed by atoms with Crippen LogP contribution in [0.5, 0.6) is 0 Å². The molecule has 1 aliphatic heterocycles. The first kappa shape index (κ1) is 15.0. The molecule has 0 aromatic carbocycles. The maximum atomic E-state index is 12.5. The number of rotatable bonds is 5. The van der Waals surface area contributed by atoms with Crippen molar-refractivity contribution in [3.05, 3.63) is 12.0 Å². The number of aromatic nitrogens is 2. The van der Waals surface area contributed by atoms with Crippen molar-refractivity contribution in [1.82, 2.24) is 13.9 Å². The van der Waals surface area contributed by atoms with Gasteiger partial charge in [-0.15, -0.1) is 0 Å². The van der Waals surface area contributed by atoms with Gasteiger partial charge in [-0.1, -0.05) is 6.92 Å². The van der Waals surface area contributed by atoms with Crippen LogP contribution in [0.15, 0.2) is 11.2 Å². The third-order valence-corrected chi connectivity index (χ3v) is 5.26. The van der Waals surface area contributed by atoms with Crippen molar-refractivity contribution in [2.75, 3.05) is 6.54 Å². The fourth-order valence-corrected chi connectivity index (χ4v) is 4.11. The molecule has 1 aromatic rings. The van der Waals surface area contributed by atoms with Crippen molar-refractivity contribution in [2.45, 2.75) is 50.7 Å². The lowest BCUT2D eigenvalue weighted by Crippen LogP contribution is -2.40. The van der Waals surface area contributed by atoms with Crippen molar-refractivity contribution in [3.63, 3.8) is 0 Å². The number of imidazole rings is 1. The smallest absolute Gasteiger partial charge is 0.322 e. The zero-order valence-corrected chi connectivity index (χ0v) is 12.4. The molecule has 0 spiro atoms. The standard InChI is InChI=1S/C12H19N3O4S/c1-3-6-14-8-11(13-9(14)2)20(18,19)15-7-4-5-10(15)12(16)17/h8,10H,3-7H2,1-2H3,(H,16,17). The molecule has 0 saturated carbocycles. The molecular weight excluding hydrogens is 282 g/mol. The molecule has 0 bridgehead atoms. The summed E-state index contributed by atoms with van der Waals surface area (Å²) >= 11 is 0. The number of nitrogens with zero attached hydrogens (tertiary/aromatic N) is 3. The highest BCUT2D eigenvalue weighted by atomic mass is 32.2. The second-order valence-corrected chi connectivity index (χ2v) is 6.77. The minimum Gasteiger partial charge on any atom is -0.480 e. The second-order valence-electron chi connectivity index (χ2n) is 4.93. The van der Waals surface area contributed by atoms with Gasteiger partial charge in [0.2, 0.25) is 0 Å². The molecule has 1 N–H and O–H groups in total. The van der Waals surface area contributed by atoms with Crippen LogP contribution < -0.4 is 0 Å². The van der Waals surface area contributed by atoms with Crippen LogP contribution in [-0.4, -0.2) is 45.9 Å². The van der Waals surface area contributed by atoms with E-state index in [2.05, 4.69) is 4.98 Å². The normalized spacial score (nSPS) is 20.4. The predicted molar refractivity (Wildman–Crippen MR) is 71.8 cm³/mol. The highest BCUT2D eigenvalue weighted by Crippen LogP contribution is 2.25. The first-order valence-corrected chi connectivity index (χ1v) is 8.10. The van der Waals surface area contributed by atoms with Gasteiger partial charge in [-0.25, -0.2) is 13.4 Å². The summed E-state index contributed by atoms with van der Waals surface area (Å²) in [6.07, 6.45) is 3.28. The van der Waals surface area contributed by atoms with Crippen molar-refractivity contribution in [1.29, 1.82) is 0 Å². The number of sulfonamides is 1. The van der Waals surface area contributed by atoms with Crippen LogP contribution in [0.25, 0.3) is 0 Å². The molecule has 1 atom stereocenters. The molecule has 1 unspecified atom stereocenters. The van der Waals surface area contributed by atoms with Crippen LogP contribution in [0.3, 0.4) is 0 Å². The van der Waals surface area contributed by atoms with E-state index in [1.54, 1.807) is 11.5 Å². The minimum atomic E-state index is -3.83. The van der Waals surface area contributed by atoms with Gasteiger partial charge in [0.25, 0.3) is 10.0 Å². The lowest BCUT2D eigenvalue weighted by molar-refractivity contribution is -0.140. The number of hydrogen-bond acceptors (Lipinski definition) is 4. The summed E-state index contributed by atoms with van der Waals surface area (Å²) in [7, 11) is -3.83. The quantitative estimate of drug-likeness (QED) is 0.870. The van der Waals surface area contributed by atoms with Crippen LogP contribution in [-0.2, 0) is 21.4 Å². The lowest BCUT2D eigenvalue weighted by Gasteiger charge is -2.19. The van der Waals surface area contributed by atoms with E-state index >= 15 is 0 Å². The Morgan fingerprint density at radius 2 is 2.25 bits per heavy atom. The summed E-state index contributed by atoms with van der Waals surface area (Å²) in [6.45, 7) is 4.66. The SMILES string of the molecule is CCCn1cc(S(=O)(=O)N2CCCC2C(=O)O)nc1C. The fraction of sp³-hybridized carbons (Fsp3) is 0.667. The predicted octanol–water partition coefficient (Wildman–Crippen LogP) is 0.839. The molecule has 1 saturated heterocycles. The molecule has 112 valence electrons. The van der Waals surface area contributed by atoms with Crippen LogP contribution in [0, 0.1) is 6.92 Å². The number of aryl methyl sites for hydroxylation is 2. The number of carboxylic acids is 1. The van der Waals surface area contributed by atoms with E-state index in [1.165, 1.54) is 6.20 Å². The molecule has 2 heterocycles. The second kappa shape index (κ2) is 5.53. The average Bonchev–Trinajstić information content (AvgIpc) is 2.98. The van der Waals surface area contributed by atoms with Gasteiger partial charge >= 0.3 is 5.97 Å². The van der Waals surface area contributed by atoms with E-state index in [0.717, 1.165) is 10.7 Å². The summed E-state index contributed by atoms with van der Waals surface area (Å²) < 4.78 is 27.8. The zero-order chi connectivity index (χ0) is 14.9. The van der Waals surface area contributed by atoms with Gasteiger partial charge in [0.05, 0.1) is 0 Å². The van der Waals surface area contributed by atoms with Crippen molar-refractivity contribution < 1.29 is 18.3 Å². The Labute approximate surface area is 118 Å². The van der Waals surface area contributed by atoms with E-state index in [-0.39, 0.29) is 11.6 Å². The molecule has 0 amide bonds. The van der Waals surface area contributed by atoms with E-state index in [9.17, 15) is 13.2 Å². The number of carboxylic acid groups (broad SMARTS) is 1. The van der Waals surface area contributed by atoms with Crippen LogP contribution >= 0.6 is 0 Å². The van der Waals surface area contributed by atoms with Gasteiger partial charge in [0.1, 0.15) is 11.9 Å². The van der Waals surface area contributed by atoms with Gasteiger partial charge in [-0.2, -0.15) is 4.31 Å². The number of aliphatic carboxylic acids is 1. The molecule has 1 aromatic heterocycles. The molecule has 1 fully saturated rings. The Morgan fingerprint density at radius 3 is 2.85 bits per heavy atom. The van der Waals surface area contributed by atoms with Crippen LogP contribution in [0.2, 0.25) is 0 Å². The van der Waals surface area contributed by atoms with Crippen molar-refractivity contribution >= 4 is 16.0 Å². The molecule has 1 aliphatic rings. The summed E-state index contributed by atoms with van der Waals surface area (Å²) in [5.74, 6) is -0.479. The highest BCUT2D eigenvalue weighted by molar-refractivity contribution is 7.89. The lowest BCUT2D eigenvalue weighted by atomic mass is 10.2. The minimum absolute atomic E-state index is 0.0587. The van der Waals surface area contributed by atoms with Gasteiger partial charge in [-0.3, -0.25) is 4.79 Å². The fourth-order valence-electron chi connectivity index (χ4n) is 2.47. The first-order valence-electron chi connectivity index (χ1n) is 6.66. The van der Waals surface area contributed by atoms with Crippen LogP contribution in [0.1, 0.15) is 32.0 Å². The van der Waals surface area contributed by atoms with Crippen LogP contribution in [0.4, 0.5) is 0 Å². The summed E-state index contributed by atoms with van der Waals surface area (Å²) in [6, 6.07) is -0.975. The number of carbonyl (C=O) groups is 1. The summed E-state index contributed by atoms with van der Waals surface area (Å²) in [5, 5.41) is 9.05. The molecular formula is C12H19N3O4S. The third kappa shape index (κ3) is 2.57. The maximum absolute atomic E-state index is 12.5. The van der Waals surface area contributed by atoms with Crippen molar-refractivity contribution in [2.24, 2.45) is 0 Å². The number of hydrogen-bond donors (Lipinski definition) is 1. The Kier molecular flexibility index (Phi) is 4.14. The van der Waals surface area contributed by atoms with E-state index < -0.39 is 22.0 Å². The van der Waals surface area contributed by atoms with Gasteiger partial charge < -0.3 is 9.67 Å². The monoisotopic (exact) mass is 301 g/mol. The Morgan fingerprint density at radius 1 is 1.55 bits per heavy atom. The molecule has 0 radical (unpaired) electrons. The average molecular weight is 301 g/mol. The maximum Gasteiger partial charge on any atom is 0.322 e. The van der Waals surface area contributed by atoms with E-state index in [1.807, 2.05) is 6.92 Å². The third-order valence-electron chi connectivity index (χ3n) is 3.48. The highest BCUT2D eigenvalue weighted by Gasteiger charge is 2.40. The zero-order valence-electron chi connectivity index (χ0n) is 11.6. The largest absolute Gasteiger partial charge is 0.480 e. The Balaban J connectivity index is 2.35. The van der Waals surface area contributed by atoms with Crippen molar-refractivity contribution in [3.8, 4) is 0 Å². The summed E-state index contributed by atoms with van der Waals surface area (Å²) in [4.78, 5) is 15.2. The van der Waals surface area contributed by atoms with E-state index in [0.29, 0.717) is 25.2 Å². The topological polar surface area (TPSA) is 92.5 Å². The van der Waals surface area contributed by atoms with Gasteiger partial charge in [0.15, 0.2) is 5.03 Å². The Hall–Kier alpha value is -1.41. The molecule has 8 heteroatoms. The molecule has 7 nitrogen and oxygen atoms in total. The molecule has 20 heavy (non-hydrogen) atoms. The van der Waals surface area contributed by atoms with Gasteiger partial charge in [0, 0.05) is 19.3 Å². The Bertz CT molecular complexity index is 608. The summed E-state index contributed by atoms with van der Waals surface area (Å²) in [5.41, 5.74) is 0. The molecule has 2 rings (SSSR count). The first-order chi connectivity index (χ1) is 9.37.